The SMILES string of the molecule is N=C(N)CCN(c1ccccc1)S(=O)(=O)C1CCCC1. The van der Waals surface area contributed by atoms with E-state index >= 15 is 0 Å². The first kappa shape index (κ1) is 14.8. The summed E-state index contributed by atoms with van der Waals surface area (Å²) in [6, 6.07) is 9.06. The maximum atomic E-state index is 12.8. The van der Waals surface area contributed by atoms with E-state index in [2.05, 4.69) is 0 Å². The van der Waals surface area contributed by atoms with Crippen molar-refractivity contribution in [2.75, 3.05) is 10.8 Å². The van der Waals surface area contributed by atoms with Gasteiger partial charge in [-0.05, 0) is 25.0 Å². The molecule has 0 aliphatic heterocycles. The zero-order valence-corrected chi connectivity index (χ0v) is 12.3. The van der Waals surface area contributed by atoms with E-state index in [1.54, 1.807) is 12.1 Å². The van der Waals surface area contributed by atoms with Gasteiger partial charge < -0.3 is 5.73 Å². The molecule has 3 N–H and O–H groups in total. The summed E-state index contributed by atoms with van der Waals surface area (Å²) in [5, 5.41) is 7.02. The number of amidine groups is 1. The van der Waals surface area contributed by atoms with Crippen molar-refractivity contribution < 1.29 is 8.42 Å². The molecule has 1 fully saturated rings. The van der Waals surface area contributed by atoms with Gasteiger partial charge in [0.1, 0.15) is 0 Å². The summed E-state index contributed by atoms with van der Waals surface area (Å²) in [6.07, 6.45) is 3.65. The molecule has 2 rings (SSSR count). The van der Waals surface area contributed by atoms with Crippen molar-refractivity contribution in [1.82, 2.24) is 0 Å². The highest BCUT2D eigenvalue weighted by Gasteiger charge is 2.34. The Morgan fingerprint density at radius 1 is 1.25 bits per heavy atom. The largest absolute Gasteiger partial charge is 0.388 e. The number of hydrogen-bond donors (Lipinski definition) is 2. The van der Waals surface area contributed by atoms with E-state index in [4.69, 9.17) is 11.1 Å². The Hall–Kier alpha value is -1.56. The predicted molar refractivity (Wildman–Crippen MR) is 81.5 cm³/mol. The van der Waals surface area contributed by atoms with Gasteiger partial charge in [-0.2, -0.15) is 0 Å². The van der Waals surface area contributed by atoms with Gasteiger partial charge in [0.05, 0.1) is 16.8 Å². The van der Waals surface area contributed by atoms with Crippen LogP contribution in [0.25, 0.3) is 0 Å². The van der Waals surface area contributed by atoms with Crippen LogP contribution in [0, 0.1) is 5.41 Å². The molecule has 5 nitrogen and oxygen atoms in total. The van der Waals surface area contributed by atoms with E-state index in [-0.39, 0.29) is 24.1 Å². The van der Waals surface area contributed by atoms with Crippen LogP contribution in [-0.4, -0.2) is 26.0 Å². The summed E-state index contributed by atoms with van der Waals surface area (Å²) in [4.78, 5) is 0. The maximum Gasteiger partial charge on any atom is 0.238 e. The highest BCUT2D eigenvalue weighted by Crippen LogP contribution is 2.30. The van der Waals surface area contributed by atoms with Crippen molar-refractivity contribution in [3.63, 3.8) is 0 Å². The molecule has 0 heterocycles. The summed E-state index contributed by atoms with van der Waals surface area (Å²) in [7, 11) is -3.37. The molecule has 1 aliphatic rings. The number of nitrogens with zero attached hydrogens (tertiary/aromatic N) is 1. The van der Waals surface area contributed by atoms with Crippen molar-refractivity contribution >= 4 is 21.5 Å². The minimum absolute atomic E-state index is 0.00699. The normalized spacial score (nSPS) is 16.2. The third kappa shape index (κ3) is 3.30. The van der Waals surface area contributed by atoms with Crippen LogP contribution in [0.2, 0.25) is 0 Å². The van der Waals surface area contributed by atoms with Crippen LogP contribution in [0.1, 0.15) is 32.1 Å². The summed E-state index contributed by atoms with van der Waals surface area (Å²) in [5.74, 6) is 0.00699. The van der Waals surface area contributed by atoms with Gasteiger partial charge in [0.15, 0.2) is 0 Å². The van der Waals surface area contributed by atoms with Gasteiger partial charge in [-0.15, -0.1) is 0 Å². The van der Waals surface area contributed by atoms with Gasteiger partial charge >= 0.3 is 0 Å². The van der Waals surface area contributed by atoms with E-state index in [0.29, 0.717) is 5.69 Å². The van der Waals surface area contributed by atoms with E-state index in [0.717, 1.165) is 25.7 Å². The molecule has 0 radical (unpaired) electrons. The maximum absolute atomic E-state index is 12.8. The molecule has 1 aromatic rings. The summed E-state index contributed by atoms with van der Waals surface area (Å²) >= 11 is 0. The number of nitrogens with one attached hydrogen (secondary N) is 1. The van der Waals surface area contributed by atoms with E-state index in [9.17, 15) is 8.42 Å². The molecule has 0 unspecified atom stereocenters. The number of rotatable bonds is 6. The van der Waals surface area contributed by atoms with Crippen molar-refractivity contribution in [3.8, 4) is 0 Å². The van der Waals surface area contributed by atoms with Gasteiger partial charge in [0, 0.05) is 13.0 Å². The molecule has 0 atom stereocenters. The highest BCUT2D eigenvalue weighted by atomic mass is 32.2. The molecule has 110 valence electrons. The number of nitrogens with two attached hydrogens (primary N) is 1. The van der Waals surface area contributed by atoms with Crippen LogP contribution in [0.3, 0.4) is 0 Å². The Morgan fingerprint density at radius 3 is 2.40 bits per heavy atom. The van der Waals surface area contributed by atoms with Gasteiger partial charge in [-0.3, -0.25) is 9.71 Å². The first-order valence-corrected chi connectivity index (χ1v) is 8.41. The Balaban J connectivity index is 2.28. The quantitative estimate of drug-likeness (QED) is 0.622. The zero-order valence-electron chi connectivity index (χ0n) is 11.5. The molecule has 0 bridgehead atoms. The zero-order chi connectivity index (χ0) is 14.6. The van der Waals surface area contributed by atoms with E-state index in [1.807, 2.05) is 18.2 Å². The van der Waals surface area contributed by atoms with Gasteiger partial charge in [0.25, 0.3) is 0 Å². The van der Waals surface area contributed by atoms with Crippen LogP contribution < -0.4 is 10.0 Å². The summed E-state index contributed by atoms with van der Waals surface area (Å²) in [5.41, 5.74) is 6.03. The van der Waals surface area contributed by atoms with Crippen LogP contribution in [-0.2, 0) is 10.0 Å². The molecular formula is C14H21N3O2S. The predicted octanol–water partition coefficient (Wildman–Crippen LogP) is 2.09. The second-order valence-corrected chi connectivity index (χ2v) is 7.27. The lowest BCUT2D eigenvalue weighted by molar-refractivity contribution is 0.574. The molecule has 1 aliphatic carbocycles. The molecule has 1 saturated carbocycles. The standard InChI is InChI=1S/C14H21N3O2S/c15-14(16)10-11-17(12-6-2-1-3-7-12)20(18,19)13-8-4-5-9-13/h1-3,6-7,13H,4-5,8-11H2,(H3,15,16). The Bertz CT molecular complexity index is 551. The first-order valence-electron chi connectivity index (χ1n) is 6.91. The van der Waals surface area contributed by atoms with Crippen LogP contribution in [0.5, 0.6) is 0 Å². The van der Waals surface area contributed by atoms with Crippen LogP contribution in [0.4, 0.5) is 5.69 Å². The Kier molecular flexibility index (Phi) is 4.65. The third-order valence-electron chi connectivity index (χ3n) is 3.66. The van der Waals surface area contributed by atoms with Gasteiger partial charge in [-0.25, -0.2) is 8.42 Å². The van der Waals surface area contributed by atoms with Crippen LogP contribution >= 0.6 is 0 Å². The summed E-state index contributed by atoms with van der Waals surface area (Å²) < 4.78 is 26.9. The van der Waals surface area contributed by atoms with Gasteiger partial charge in [0.2, 0.25) is 10.0 Å². The minimum atomic E-state index is -3.37. The van der Waals surface area contributed by atoms with Crippen molar-refractivity contribution in [2.45, 2.75) is 37.4 Å². The number of sulfonamides is 1. The van der Waals surface area contributed by atoms with Crippen molar-refractivity contribution in [2.24, 2.45) is 5.73 Å². The number of para-hydroxylation sites is 1. The number of anilines is 1. The number of hydrogen-bond acceptors (Lipinski definition) is 3. The third-order valence-corrected chi connectivity index (χ3v) is 5.98. The molecule has 20 heavy (non-hydrogen) atoms. The summed E-state index contributed by atoms with van der Waals surface area (Å²) in [6.45, 7) is 0.234. The monoisotopic (exact) mass is 295 g/mol. The molecule has 0 aromatic heterocycles. The fourth-order valence-electron chi connectivity index (χ4n) is 2.59. The average Bonchev–Trinajstić information content (AvgIpc) is 2.94. The molecular weight excluding hydrogens is 274 g/mol. The highest BCUT2D eigenvalue weighted by molar-refractivity contribution is 7.93. The van der Waals surface area contributed by atoms with Crippen molar-refractivity contribution in [3.05, 3.63) is 30.3 Å². The molecule has 0 spiro atoms. The second-order valence-electron chi connectivity index (χ2n) is 5.13. The molecule has 1 aromatic carbocycles. The Labute approximate surface area is 120 Å². The molecule has 6 heteroatoms. The lowest BCUT2D eigenvalue weighted by Gasteiger charge is -2.27. The van der Waals surface area contributed by atoms with E-state index < -0.39 is 10.0 Å². The van der Waals surface area contributed by atoms with Gasteiger partial charge in [-0.1, -0.05) is 31.0 Å². The minimum Gasteiger partial charge on any atom is -0.388 e. The number of benzene rings is 1. The van der Waals surface area contributed by atoms with Crippen molar-refractivity contribution in [1.29, 1.82) is 5.41 Å². The van der Waals surface area contributed by atoms with E-state index in [1.165, 1.54) is 4.31 Å². The first-order chi connectivity index (χ1) is 9.51. The fourth-order valence-corrected chi connectivity index (χ4v) is 4.64. The lowest BCUT2D eigenvalue weighted by Crippen LogP contribution is -2.39. The Morgan fingerprint density at radius 2 is 1.85 bits per heavy atom. The average molecular weight is 295 g/mol. The fraction of sp³-hybridized carbons (Fsp3) is 0.500. The second kappa shape index (κ2) is 6.26. The smallest absolute Gasteiger partial charge is 0.238 e. The molecule has 0 saturated heterocycles. The van der Waals surface area contributed by atoms with Crippen LogP contribution in [0.15, 0.2) is 30.3 Å². The lowest BCUT2D eigenvalue weighted by atomic mass is 10.3. The molecule has 0 amide bonds. The topological polar surface area (TPSA) is 87.2 Å².